The molecule has 1 fully saturated rings. The fourth-order valence-electron chi connectivity index (χ4n) is 3.62. The lowest BCUT2D eigenvalue weighted by Gasteiger charge is -2.24. The Morgan fingerprint density at radius 2 is 1.75 bits per heavy atom. The Kier molecular flexibility index (Phi) is 5.19. The molecule has 4 rings (SSSR count). The van der Waals surface area contributed by atoms with E-state index in [4.69, 9.17) is 4.74 Å². The van der Waals surface area contributed by atoms with E-state index < -0.39 is 10.0 Å². The Labute approximate surface area is 165 Å². The zero-order valence-electron chi connectivity index (χ0n) is 15.8. The third kappa shape index (κ3) is 3.55. The van der Waals surface area contributed by atoms with Gasteiger partial charge in [-0.15, -0.1) is 0 Å². The van der Waals surface area contributed by atoms with Crippen molar-refractivity contribution >= 4 is 26.6 Å². The number of benzene rings is 2. The molecule has 0 saturated carbocycles. The summed E-state index contributed by atoms with van der Waals surface area (Å²) in [5.74, 6) is 0.812. The Balaban J connectivity index is 1.57. The Bertz CT molecular complexity index is 1060. The number of fused-ring (bicyclic) bond motifs is 1. The van der Waals surface area contributed by atoms with Crippen LogP contribution in [-0.4, -0.2) is 51.0 Å². The van der Waals surface area contributed by atoms with Gasteiger partial charge in [-0.05, 0) is 55.0 Å². The van der Waals surface area contributed by atoms with Crippen molar-refractivity contribution in [3.05, 3.63) is 60.8 Å². The van der Waals surface area contributed by atoms with Crippen molar-refractivity contribution in [2.75, 3.05) is 38.2 Å². The van der Waals surface area contributed by atoms with E-state index in [1.807, 2.05) is 36.4 Å². The quantitative estimate of drug-likeness (QED) is 0.677. The van der Waals surface area contributed by atoms with Crippen molar-refractivity contribution in [3.8, 4) is 5.75 Å². The molecule has 2 heterocycles. The van der Waals surface area contributed by atoms with Gasteiger partial charge in [0.15, 0.2) is 0 Å². The topological polar surface area (TPSA) is 62.7 Å². The molecule has 2 aromatic carbocycles. The standard InChI is InChI=1S/C21H23N3O3S/c1-27-18-10-8-17(9-11-18)23-13-4-14-24(16-15-23)28(25,26)21-7-2-6-20-19(21)5-3-12-22-20/h2-3,5-12H,4,13-16H2,1H3. The van der Waals surface area contributed by atoms with Gasteiger partial charge in [-0.25, -0.2) is 8.42 Å². The monoisotopic (exact) mass is 397 g/mol. The Morgan fingerprint density at radius 3 is 2.54 bits per heavy atom. The summed E-state index contributed by atoms with van der Waals surface area (Å²) in [6.45, 7) is 2.42. The lowest BCUT2D eigenvalue weighted by Crippen LogP contribution is -2.35. The highest BCUT2D eigenvalue weighted by Gasteiger charge is 2.28. The highest BCUT2D eigenvalue weighted by Crippen LogP contribution is 2.26. The summed E-state index contributed by atoms with van der Waals surface area (Å²) in [5, 5.41) is 0.668. The van der Waals surface area contributed by atoms with Gasteiger partial charge < -0.3 is 9.64 Å². The first-order chi connectivity index (χ1) is 13.6. The van der Waals surface area contributed by atoms with Crippen molar-refractivity contribution in [3.63, 3.8) is 0 Å². The number of methoxy groups -OCH3 is 1. The predicted molar refractivity (Wildman–Crippen MR) is 110 cm³/mol. The second-order valence-corrected chi connectivity index (χ2v) is 8.68. The van der Waals surface area contributed by atoms with Crippen LogP contribution >= 0.6 is 0 Å². The minimum atomic E-state index is -3.58. The number of nitrogens with zero attached hydrogens (tertiary/aromatic N) is 3. The van der Waals surface area contributed by atoms with Gasteiger partial charge in [0.2, 0.25) is 10.0 Å². The summed E-state index contributed by atoms with van der Waals surface area (Å²) in [6.07, 6.45) is 2.45. The van der Waals surface area contributed by atoms with Gasteiger partial charge >= 0.3 is 0 Å². The first kappa shape index (κ1) is 18.7. The molecule has 0 unspecified atom stereocenters. The van der Waals surface area contributed by atoms with Crippen molar-refractivity contribution in [1.82, 2.24) is 9.29 Å². The molecule has 0 radical (unpaired) electrons. The number of hydrogen-bond donors (Lipinski definition) is 0. The summed E-state index contributed by atoms with van der Waals surface area (Å²) in [5.41, 5.74) is 1.77. The van der Waals surface area contributed by atoms with Gasteiger partial charge in [-0.3, -0.25) is 4.98 Å². The van der Waals surface area contributed by atoms with Crippen LogP contribution in [0, 0.1) is 0 Å². The minimum absolute atomic E-state index is 0.330. The molecule has 3 aromatic rings. The van der Waals surface area contributed by atoms with Crippen molar-refractivity contribution in [2.45, 2.75) is 11.3 Å². The molecular formula is C21H23N3O3S. The van der Waals surface area contributed by atoms with Gasteiger partial charge in [-0.1, -0.05) is 6.07 Å². The second-order valence-electron chi connectivity index (χ2n) is 6.77. The first-order valence-corrected chi connectivity index (χ1v) is 10.8. The maximum absolute atomic E-state index is 13.3. The summed E-state index contributed by atoms with van der Waals surface area (Å²) in [4.78, 5) is 6.83. The average Bonchev–Trinajstić information content (AvgIpc) is 3.00. The number of hydrogen-bond acceptors (Lipinski definition) is 5. The van der Waals surface area contributed by atoms with Crippen molar-refractivity contribution in [2.24, 2.45) is 0 Å². The average molecular weight is 398 g/mol. The zero-order valence-corrected chi connectivity index (χ0v) is 16.6. The van der Waals surface area contributed by atoms with Gasteiger partial charge in [0.1, 0.15) is 5.75 Å². The molecule has 0 bridgehead atoms. The van der Waals surface area contributed by atoms with E-state index in [9.17, 15) is 8.42 Å². The molecule has 1 aliphatic rings. The third-order valence-corrected chi connectivity index (χ3v) is 7.07. The lowest BCUT2D eigenvalue weighted by atomic mass is 10.2. The zero-order chi connectivity index (χ0) is 19.6. The number of pyridine rings is 1. The molecule has 0 N–H and O–H groups in total. The summed E-state index contributed by atoms with van der Waals surface area (Å²) < 4.78 is 33.5. The van der Waals surface area contributed by atoms with Crippen LogP contribution in [-0.2, 0) is 10.0 Å². The van der Waals surface area contributed by atoms with Crippen LogP contribution in [0.15, 0.2) is 65.7 Å². The van der Waals surface area contributed by atoms with E-state index in [0.29, 0.717) is 35.4 Å². The van der Waals surface area contributed by atoms with E-state index in [-0.39, 0.29) is 0 Å². The van der Waals surface area contributed by atoms with E-state index in [2.05, 4.69) is 9.88 Å². The van der Waals surface area contributed by atoms with Crippen LogP contribution in [0.4, 0.5) is 5.69 Å². The number of ether oxygens (including phenoxy) is 1. The van der Waals surface area contributed by atoms with Crippen LogP contribution in [0.25, 0.3) is 10.9 Å². The molecule has 0 atom stereocenters. The molecule has 1 aromatic heterocycles. The van der Waals surface area contributed by atoms with Gasteiger partial charge in [0.25, 0.3) is 0 Å². The molecule has 1 aliphatic heterocycles. The van der Waals surface area contributed by atoms with Gasteiger partial charge in [0, 0.05) is 43.4 Å². The third-order valence-electron chi connectivity index (χ3n) is 5.12. The molecule has 7 heteroatoms. The highest BCUT2D eigenvalue weighted by molar-refractivity contribution is 7.89. The van der Waals surface area contributed by atoms with E-state index >= 15 is 0 Å². The molecule has 1 saturated heterocycles. The largest absolute Gasteiger partial charge is 0.497 e. The smallest absolute Gasteiger partial charge is 0.243 e. The minimum Gasteiger partial charge on any atom is -0.497 e. The van der Waals surface area contributed by atoms with Gasteiger partial charge in [-0.2, -0.15) is 4.31 Å². The van der Waals surface area contributed by atoms with Crippen LogP contribution in [0.1, 0.15) is 6.42 Å². The second kappa shape index (κ2) is 7.77. The molecule has 6 nitrogen and oxygen atoms in total. The lowest BCUT2D eigenvalue weighted by molar-refractivity contribution is 0.415. The summed E-state index contributed by atoms with van der Waals surface area (Å²) >= 11 is 0. The molecular weight excluding hydrogens is 374 g/mol. The van der Waals surface area contributed by atoms with E-state index in [1.54, 1.807) is 35.8 Å². The van der Waals surface area contributed by atoms with Gasteiger partial charge in [0.05, 0.1) is 17.5 Å². The fraction of sp³-hybridized carbons (Fsp3) is 0.286. The number of sulfonamides is 1. The highest BCUT2D eigenvalue weighted by atomic mass is 32.2. The summed E-state index contributed by atoms with van der Waals surface area (Å²) in [7, 11) is -1.94. The van der Waals surface area contributed by atoms with Crippen LogP contribution in [0.3, 0.4) is 0 Å². The Morgan fingerprint density at radius 1 is 0.929 bits per heavy atom. The van der Waals surface area contributed by atoms with Crippen molar-refractivity contribution < 1.29 is 13.2 Å². The molecule has 0 spiro atoms. The maximum Gasteiger partial charge on any atom is 0.243 e. The van der Waals surface area contributed by atoms with Crippen LogP contribution in [0.2, 0.25) is 0 Å². The molecule has 28 heavy (non-hydrogen) atoms. The predicted octanol–water partition coefficient (Wildman–Crippen LogP) is 3.14. The van der Waals surface area contributed by atoms with Crippen LogP contribution in [0.5, 0.6) is 5.75 Å². The normalized spacial score (nSPS) is 16.1. The molecule has 0 amide bonds. The maximum atomic E-state index is 13.3. The molecule has 146 valence electrons. The fourth-order valence-corrected chi connectivity index (χ4v) is 5.30. The number of rotatable bonds is 4. The Hall–Kier alpha value is -2.64. The molecule has 0 aliphatic carbocycles. The number of aromatic nitrogens is 1. The SMILES string of the molecule is COc1ccc(N2CCCN(S(=O)(=O)c3cccc4ncccc34)CC2)cc1. The van der Waals surface area contributed by atoms with Crippen LogP contribution < -0.4 is 9.64 Å². The first-order valence-electron chi connectivity index (χ1n) is 9.32. The number of anilines is 1. The van der Waals surface area contributed by atoms with Crippen molar-refractivity contribution in [1.29, 1.82) is 0 Å². The summed E-state index contributed by atoms with van der Waals surface area (Å²) in [6, 6.07) is 16.7. The van der Waals surface area contributed by atoms with E-state index in [0.717, 1.165) is 24.4 Å². The van der Waals surface area contributed by atoms with E-state index in [1.165, 1.54) is 0 Å².